The molecule has 2 aliphatic rings. The largest absolute Gasteiger partial charge is 0.411 e. The highest BCUT2D eigenvalue weighted by Gasteiger charge is 2.34. The smallest absolute Gasteiger partial charge is 0.0754 e. The fourth-order valence-electron chi connectivity index (χ4n) is 1.72. The van der Waals surface area contributed by atoms with Crippen molar-refractivity contribution < 1.29 is 5.21 Å². The maximum atomic E-state index is 8.45. The molecule has 2 atom stereocenters. The summed E-state index contributed by atoms with van der Waals surface area (Å²) in [5.74, 6) is 0.579. The lowest BCUT2D eigenvalue weighted by atomic mass is 10.0. The normalized spacial score (nSPS) is 44.7. The number of rotatable bonds is 0. The van der Waals surface area contributed by atoms with E-state index in [9.17, 15) is 0 Å². The van der Waals surface area contributed by atoms with Crippen LogP contribution in [-0.4, -0.2) is 35.5 Å². The second-order valence-corrected chi connectivity index (χ2v) is 2.81. The minimum atomic E-state index is 0.579. The molecular weight excluding hydrogens is 116 g/mol. The van der Waals surface area contributed by atoms with Gasteiger partial charge < -0.3 is 5.21 Å². The third kappa shape index (κ3) is 0.645. The SMILES string of the molecule is ON=C1CN2CC[C@@H]1C2. The summed E-state index contributed by atoms with van der Waals surface area (Å²) in [4.78, 5) is 2.32. The van der Waals surface area contributed by atoms with Crippen molar-refractivity contribution in [3.63, 3.8) is 0 Å². The van der Waals surface area contributed by atoms with Crippen LogP contribution in [-0.2, 0) is 0 Å². The van der Waals surface area contributed by atoms with Crippen LogP contribution < -0.4 is 0 Å². The van der Waals surface area contributed by atoms with E-state index in [1.54, 1.807) is 0 Å². The van der Waals surface area contributed by atoms with E-state index >= 15 is 0 Å². The summed E-state index contributed by atoms with van der Waals surface area (Å²) in [6, 6.07) is 0. The van der Waals surface area contributed by atoms with Crippen molar-refractivity contribution >= 4 is 5.71 Å². The van der Waals surface area contributed by atoms with Gasteiger partial charge >= 0.3 is 0 Å². The zero-order valence-corrected chi connectivity index (χ0v) is 5.25. The van der Waals surface area contributed by atoms with Crippen molar-refractivity contribution in [3.05, 3.63) is 0 Å². The molecule has 1 unspecified atom stereocenters. The number of fused-ring (bicyclic) bond motifs is 2. The van der Waals surface area contributed by atoms with Crippen molar-refractivity contribution in [1.82, 2.24) is 4.90 Å². The van der Waals surface area contributed by atoms with Gasteiger partial charge in [0.15, 0.2) is 0 Å². The summed E-state index contributed by atoms with van der Waals surface area (Å²) in [5, 5.41) is 11.7. The van der Waals surface area contributed by atoms with E-state index in [-0.39, 0.29) is 0 Å². The van der Waals surface area contributed by atoms with E-state index in [4.69, 9.17) is 5.21 Å². The van der Waals surface area contributed by atoms with Crippen LogP contribution in [0.15, 0.2) is 5.16 Å². The molecule has 2 heterocycles. The summed E-state index contributed by atoms with van der Waals surface area (Å²) in [6.45, 7) is 3.23. The highest BCUT2D eigenvalue weighted by Crippen LogP contribution is 2.24. The Kier molecular flexibility index (Phi) is 0.990. The van der Waals surface area contributed by atoms with E-state index in [2.05, 4.69) is 10.1 Å². The minimum absolute atomic E-state index is 0.579. The maximum Gasteiger partial charge on any atom is 0.0754 e. The van der Waals surface area contributed by atoms with Gasteiger partial charge in [-0.15, -0.1) is 0 Å². The molecule has 2 aliphatic heterocycles. The molecule has 50 valence electrons. The molecule has 0 saturated carbocycles. The maximum absolute atomic E-state index is 8.45. The van der Waals surface area contributed by atoms with Crippen LogP contribution in [0.5, 0.6) is 0 Å². The van der Waals surface area contributed by atoms with Crippen molar-refractivity contribution in [2.24, 2.45) is 11.1 Å². The van der Waals surface area contributed by atoms with E-state index in [1.807, 2.05) is 0 Å². The van der Waals surface area contributed by atoms with E-state index in [0.29, 0.717) is 5.92 Å². The summed E-state index contributed by atoms with van der Waals surface area (Å²) in [5.41, 5.74) is 0.987. The topological polar surface area (TPSA) is 35.8 Å². The Balaban J connectivity index is 2.18. The quantitative estimate of drug-likeness (QED) is 0.370. The summed E-state index contributed by atoms with van der Waals surface area (Å²) >= 11 is 0. The van der Waals surface area contributed by atoms with Crippen LogP contribution in [0.25, 0.3) is 0 Å². The predicted octanol–water partition coefficient (Wildman–Crippen LogP) is 0.152. The van der Waals surface area contributed by atoms with E-state index in [1.165, 1.54) is 13.0 Å². The predicted molar refractivity (Wildman–Crippen MR) is 33.8 cm³/mol. The van der Waals surface area contributed by atoms with Crippen molar-refractivity contribution in [3.8, 4) is 0 Å². The Morgan fingerprint density at radius 2 is 2.56 bits per heavy atom. The van der Waals surface area contributed by atoms with E-state index < -0.39 is 0 Å². The number of hydrogen-bond donors (Lipinski definition) is 1. The van der Waals surface area contributed by atoms with Crippen LogP contribution in [0, 0.1) is 5.92 Å². The molecule has 0 spiro atoms. The average molecular weight is 126 g/mol. The number of hydrogen-bond acceptors (Lipinski definition) is 3. The minimum Gasteiger partial charge on any atom is -0.411 e. The molecule has 0 aromatic rings. The number of piperidine rings is 1. The zero-order valence-electron chi connectivity index (χ0n) is 5.25. The van der Waals surface area contributed by atoms with Gasteiger partial charge in [0, 0.05) is 19.0 Å². The second kappa shape index (κ2) is 1.70. The molecule has 0 radical (unpaired) electrons. The number of nitrogens with zero attached hydrogens (tertiary/aromatic N) is 2. The first kappa shape index (κ1) is 5.23. The monoisotopic (exact) mass is 126 g/mol. The summed E-state index contributed by atoms with van der Waals surface area (Å²) < 4.78 is 0. The van der Waals surface area contributed by atoms with Gasteiger partial charge in [-0.3, -0.25) is 4.90 Å². The fourth-order valence-corrected chi connectivity index (χ4v) is 1.72. The van der Waals surface area contributed by atoms with E-state index in [0.717, 1.165) is 18.8 Å². The molecule has 2 saturated heterocycles. The lowest BCUT2D eigenvalue weighted by molar-refractivity contribution is 0.312. The van der Waals surface area contributed by atoms with Gasteiger partial charge in [-0.05, 0) is 13.0 Å². The van der Waals surface area contributed by atoms with Crippen molar-refractivity contribution in [2.45, 2.75) is 6.42 Å². The molecule has 3 heteroatoms. The van der Waals surface area contributed by atoms with Gasteiger partial charge in [-0.1, -0.05) is 5.16 Å². The Hall–Kier alpha value is -0.570. The van der Waals surface area contributed by atoms with Gasteiger partial charge in [0.2, 0.25) is 0 Å². The molecule has 3 nitrogen and oxygen atoms in total. The molecule has 1 N–H and O–H groups in total. The first-order valence-corrected chi connectivity index (χ1v) is 3.33. The molecule has 2 bridgehead atoms. The van der Waals surface area contributed by atoms with Crippen molar-refractivity contribution in [1.29, 1.82) is 0 Å². The van der Waals surface area contributed by atoms with Crippen LogP contribution in [0.3, 0.4) is 0 Å². The molecular formula is C6H10N2O. The summed E-state index contributed by atoms with van der Waals surface area (Å²) in [6.07, 6.45) is 1.19. The Morgan fingerprint density at radius 3 is 2.89 bits per heavy atom. The average Bonchev–Trinajstić information content (AvgIpc) is 2.45. The molecule has 0 amide bonds. The van der Waals surface area contributed by atoms with Gasteiger partial charge in [-0.25, -0.2) is 0 Å². The zero-order chi connectivity index (χ0) is 6.27. The fraction of sp³-hybridized carbons (Fsp3) is 0.833. The van der Waals surface area contributed by atoms with Crippen LogP contribution in [0.2, 0.25) is 0 Å². The Morgan fingerprint density at radius 1 is 1.67 bits per heavy atom. The first-order chi connectivity index (χ1) is 4.40. The lowest BCUT2D eigenvalue weighted by Gasteiger charge is -2.10. The molecule has 0 aliphatic carbocycles. The van der Waals surface area contributed by atoms with Gasteiger partial charge in [0.1, 0.15) is 0 Å². The molecule has 0 aromatic heterocycles. The first-order valence-electron chi connectivity index (χ1n) is 3.33. The van der Waals surface area contributed by atoms with Crippen LogP contribution in [0.1, 0.15) is 6.42 Å². The molecule has 9 heavy (non-hydrogen) atoms. The molecule has 2 rings (SSSR count). The Bertz CT molecular complexity index is 155. The Labute approximate surface area is 54.0 Å². The standard InChI is InChI=1S/C6H10N2O/c9-7-6-4-8-2-1-5(6)3-8/h5,9H,1-4H2/t5-/m1/s1. The number of oxime groups is 1. The van der Waals surface area contributed by atoms with Crippen LogP contribution >= 0.6 is 0 Å². The van der Waals surface area contributed by atoms with Gasteiger partial charge in [0.25, 0.3) is 0 Å². The highest BCUT2D eigenvalue weighted by atomic mass is 16.4. The third-order valence-corrected chi connectivity index (χ3v) is 2.26. The highest BCUT2D eigenvalue weighted by molar-refractivity contribution is 5.90. The lowest BCUT2D eigenvalue weighted by Crippen LogP contribution is -2.23. The van der Waals surface area contributed by atoms with Crippen molar-refractivity contribution in [2.75, 3.05) is 19.6 Å². The molecule has 2 fully saturated rings. The van der Waals surface area contributed by atoms with Gasteiger partial charge in [-0.2, -0.15) is 0 Å². The summed E-state index contributed by atoms with van der Waals surface area (Å²) in [7, 11) is 0. The second-order valence-electron chi connectivity index (χ2n) is 2.81. The van der Waals surface area contributed by atoms with Crippen LogP contribution in [0.4, 0.5) is 0 Å². The molecule has 0 aromatic carbocycles. The third-order valence-electron chi connectivity index (χ3n) is 2.26. The van der Waals surface area contributed by atoms with Gasteiger partial charge in [0.05, 0.1) is 5.71 Å².